The summed E-state index contributed by atoms with van der Waals surface area (Å²) in [4.78, 5) is 0. The van der Waals surface area contributed by atoms with Crippen molar-refractivity contribution in [1.29, 1.82) is 0 Å². The highest BCUT2D eigenvalue weighted by molar-refractivity contribution is 5.06. The molecule has 0 spiro atoms. The normalized spacial score (nSPS) is 27.2. The van der Waals surface area contributed by atoms with Crippen molar-refractivity contribution in [3.63, 3.8) is 0 Å². The summed E-state index contributed by atoms with van der Waals surface area (Å²) in [6, 6.07) is 0. The van der Waals surface area contributed by atoms with E-state index in [1.807, 2.05) is 0 Å². The fourth-order valence-electron chi connectivity index (χ4n) is 5.19. The van der Waals surface area contributed by atoms with E-state index in [4.69, 9.17) is 11.5 Å². The molecular formula is C17H34N2. The highest BCUT2D eigenvalue weighted by Gasteiger charge is 2.55. The van der Waals surface area contributed by atoms with E-state index in [1.165, 1.54) is 64.2 Å². The summed E-state index contributed by atoms with van der Waals surface area (Å²) in [6.07, 6.45) is 13.5. The van der Waals surface area contributed by atoms with Crippen LogP contribution >= 0.6 is 0 Å². The van der Waals surface area contributed by atoms with Crippen molar-refractivity contribution < 1.29 is 0 Å². The third-order valence-electron chi connectivity index (χ3n) is 7.05. The molecule has 0 aromatic heterocycles. The Kier molecular flexibility index (Phi) is 4.62. The average molecular weight is 266 g/mol. The van der Waals surface area contributed by atoms with Crippen LogP contribution in [0.25, 0.3) is 0 Å². The summed E-state index contributed by atoms with van der Waals surface area (Å²) in [5.41, 5.74) is 13.6. The SMILES string of the molecule is CC(C)(C1(CN)CCCCC1)C1(CN)CCCCC1. The first kappa shape index (κ1) is 15.3. The Labute approximate surface area is 119 Å². The number of hydrogen-bond donors (Lipinski definition) is 2. The molecule has 0 aliphatic heterocycles. The molecule has 2 saturated carbocycles. The van der Waals surface area contributed by atoms with Gasteiger partial charge < -0.3 is 11.5 Å². The minimum atomic E-state index is 0.282. The maximum atomic E-state index is 6.30. The van der Waals surface area contributed by atoms with Gasteiger partial charge in [0.05, 0.1) is 0 Å². The van der Waals surface area contributed by atoms with E-state index in [1.54, 1.807) is 0 Å². The van der Waals surface area contributed by atoms with E-state index in [0.29, 0.717) is 10.8 Å². The molecule has 4 N–H and O–H groups in total. The van der Waals surface area contributed by atoms with Crippen molar-refractivity contribution in [2.24, 2.45) is 27.7 Å². The fourth-order valence-corrected chi connectivity index (χ4v) is 5.19. The van der Waals surface area contributed by atoms with Gasteiger partial charge in [0.1, 0.15) is 0 Å². The molecule has 0 unspecified atom stereocenters. The van der Waals surface area contributed by atoms with Crippen LogP contribution in [0.1, 0.15) is 78.1 Å². The zero-order chi connectivity index (χ0) is 14.0. The standard InChI is InChI=1S/C17H34N2/c1-15(2,16(13-18)9-5-3-6-10-16)17(14-19)11-7-4-8-12-17/h3-14,18-19H2,1-2H3. The van der Waals surface area contributed by atoms with E-state index < -0.39 is 0 Å². The lowest BCUT2D eigenvalue weighted by Crippen LogP contribution is -2.57. The van der Waals surface area contributed by atoms with Crippen LogP contribution in [-0.2, 0) is 0 Å². The second kappa shape index (κ2) is 5.73. The minimum absolute atomic E-state index is 0.282. The Morgan fingerprint density at radius 2 is 1.00 bits per heavy atom. The van der Waals surface area contributed by atoms with E-state index in [9.17, 15) is 0 Å². The number of hydrogen-bond acceptors (Lipinski definition) is 2. The molecule has 2 rings (SSSR count). The van der Waals surface area contributed by atoms with Crippen molar-refractivity contribution in [3.8, 4) is 0 Å². The Hall–Kier alpha value is -0.0800. The maximum absolute atomic E-state index is 6.30. The molecule has 0 amide bonds. The summed E-state index contributed by atoms with van der Waals surface area (Å²) < 4.78 is 0. The molecule has 0 aromatic carbocycles. The molecule has 0 saturated heterocycles. The van der Waals surface area contributed by atoms with E-state index in [2.05, 4.69) is 13.8 Å². The molecule has 2 aliphatic rings. The molecule has 0 radical (unpaired) electrons. The number of rotatable bonds is 4. The van der Waals surface area contributed by atoms with E-state index >= 15 is 0 Å². The van der Waals surface area contributed by atoms with Crippen LogP contribution in [-0.4, -0.2) is 13.1 Å². The minimum Gasteiger partial charge on any atom is -0.330 e. The molecule has 2 heteroatoms. The molecule has 0 aromatic rings. The first-order chi connectivity index (χ1) is 9.04. The highest BCUT2D eigenvalue weighted by atomic mass is 14.7. The maximum Gasteiger partial charge on any atom is -0.00152 e. The Morgan fingerprint density at radius 1 is 0.684 bits per heavy atom. The second-order valence-corrected chi connectivity index (χ2v) is 7.72. The Balaban J connectivity index is 2.31. The van der Waals surface area contributed by atoms with Crippen molar-refractivity contribution in [2.45, 2.75) is 78.1 Å². The van der Waals surface area contributed by atoms with Gasteiger partial charge in [-0.1, -0.05) is 52.4 Å². The quantitative estimate of drug-likeness (QED) is 0.812. The van der Waals surface area contributed by atoms with Gasteiger partial charge in [-0.15, -0.1) is 0 Å². The van der Waals surface area contributed by atoms with Gasteiger partial charge in [0.2, 0.25) is 0 Å². The average Bonchev–Trinajstić information content (AvgIpc) is 2.48. The molecule has 2 nitrogen and oxygen atoms in total. The molecule has 19 heavy (non-hydrogen) atoms. The summed E-state index contributed by atoms with van der Waals surface area (Å²) >= 11 is 0. The predicted molar refractivity (Wildman–Crippen MR) is 82.9 cm³/mol. The lowest BCUT2D eigenvalue weighted by Gasteiger charge is -2.60. The van der Waals surface area contributed by atoms with Crippen molar-refractivity contribution in [3.05, 3.63) is 0 Å². The van der Waals surface area contributed by atoms with E-state index in [0.717, 1.165) is 13.1 Å². The topological polar surface area (TPSA) is 52.0 Å². The summed E-state index contributed by atoms with van der Waals surface area (Å²) in [6.45, 7) is 6.68. The second-order valence-electron chi connectivity index (χ2n) is 7.72. The Bertz CT molecular complexity index is 256. The van der Waals surface area contributed by atoms with Crippen LogP contribution in [0.2, 0.25) is 0 Å². The zero-order valence-electron chi connectivity index (χ0n) is 13.1. The summed E-state index contributed by atoms with van der Waals surface area (Å²) in [5.74, 6) is 0. The number of nitrogens with two attached hydrogens (primary N) is 2. The van der Waals surface area contributed by atoms with Crippen LogP contribution in [0.3, 0.4) is 0 Å². The van der Waals surface area contributed by atoms with E-state index in [-0.39, 0.29) is 5.41 Å². The molecule has 2 aliphatic carbocycles. The summed E-state index contributed by atoms with van der Waals surface area (Å²) in [5, 5.41) is 0. The van der Waals surface area contributed by atoms with Gasteiger partial charge in [0.15, 0.2) is 0 Å². The van der Waals surface area contributed by atoms with Gasteiger partial charge >= 0.3 is 0 Å². The lowest BCUT2D eigenvalue weighted by atomic mass is 9.46. The van der Waals surface area contributed by atoms with Gasteiger partial charge in [-0.3, -0.25) is 0 Å². The van der Waals surface area contributed by atoms with Gasteiger partial charge in [-0.2, -0.15) is 0 Å². The smallest absolute Gasteiger partial charge is 0.00152 e. The van der Waals surface area contributed by atoms with Crippen molar-refractivity contribution in [2.75, 3.05) is 13.1 Å². The first-order valence-corrected chi connectivity index (χ1v) is 8.44. The molecule has 0 atom stereocenters. The summed E-state index contributed by atoms with van der Waals surface area (Å²) in [7, 11) is 0. The third kappa shape index (κ3) is 2.35. The predicted octanol–water partition coefficient (Wildman–Crippen LogP) is 3.83. The Morgan fingerprint density at radius 3 is 1.26 bits per heavy atom. The third-order valence-corrected chi connectivity index (χ3v) is 7.05. The molecule has 0 heterocycles. The van der Waals surface area contributed by atoms with Crippen molar-refractivity contribution in [1.82, 2.24) is 0 Å². The molecule has 2 fully saturated rings. The van der Waals surface area contributed by atoms with Gasteiger partial charge in [0.25, 0.3) is 0 Å². The van der Waals surface area contributed by atoms with Crippen LogP contribution in [0.4, 0.5) is 0 Å². The monoisotopic (exact) mass is 266 g/mol. The van der Waals surface area contributed by atoms with Crippen molar-refractivity contribution >= 4 is 0 Å². The van der Waals surface area contributed by atoms with Gasteiger partial charge in [-0.05, 0) is 55.0 Å². The molecular weight excluding hydrogens is 232 g/mol. The first-order valence-electron chi connectivity index (χ1n) is 8.44. The fraction of sp³-hybridized carbons (Fsp3) is 1.00. The molecule has 0 bridgehead atoms. The van der Waals surface area contributed by atoms with Crippen LogP contribution in [0.5, 0.6) is 0 Å². The zero-order valence-corrected chi connectivity index (χ0v) is 13.1. The van der Waals surface area contributed by atoms with Gasteiger partial charge in [0, 0.05) is 0 Å². The lowest BCUT2D eigenvalue weighted by molar-refractivity contribution is -0.0924. The highest BCUT2D eigenvalue weighted by Crippen LogP contribution is 2.61. The van der Waals surface area contributed by atoms with Gasteiger partial charge in [-0.25, -0.2) is 0 Å². The van der Waals surface area contributed by atoms with Crippen LogP contribution < -0.4 is 11.5 Å². The van der Waals surface area contributed by atoms with Crippen LogP contribution in [0.15, 0.2) is 0 Å². The largest absolute Gasteiger partial charge is 0.330 e. The molecule has 112 valence electrons. The van der Waals surface area contributed by atoms with Crippen LogP contribution in [0, 0.1) is 16.2 Å².